The van der Waals surface area contributed by atoms with E-state index < -0.39 is 0 Å². The smallest absolute Gasteiger partial charge is 0.132 e. The molecule has 0 aliphatic heterocycles. The van der Waals surface area contributed by atoms with E-state index in [1.54, 1.807) is 0 Å². The van der Waals surface area contributed by atoms with Gasteiger partial charge in [0.25, 0.3) is 0 Å². The van der Waals surface area contributed by atoms with Crippen LogP contribution in [0.25, 0.3) is 22.3 Å². The minimum Gasteiger partial charge on any atom is -0.132 e. The molecule has 0 spiro atoms. The van der Waals surface area contributed by atoms with Gasteiger partial charge >= 0.3 is 4.36 Å². The minimum absolute atomic E-state index is 0.162. The molecule has 0 aliphatic rings. The Morgan fingerprint density at radius 1 is 0.524 bits per heavy atom. The zero-order valence-corrected chi connectivity index (χ0v) is 14.5. The van der Waals surface area contributed by atoms with E-state index in [1.165, 1.54) is 27.7 Å². The van der Waals surface area contributed by atoms with Crippen LogP contribution in [-0.2, 0) is 0 Å². The van der Waals surface area contributed by atoms with Crippen LogP contribution in [0.5, 0.6) is 0 Å². The maximum absolute atomic E-state index is 3.60. The molecule has 3 aromatic carbocycles. The second-order valence-corrected chi connectivity index (χ2v) is 7.89. The molecule has 0 nitrogen and oxygen atoms in total. The molecule has 0 atom stereocenters. The Morgan fingerprint density at radius 2 is 1.05 bits per heavy atom. The van der Waals surface area contributed by atoms with Crippen molar-refractivity contribution in [1.29, 1.82) is 0 Å². The number of halogens is 2. The monoisotopic (exact) mass is 398 g/mol. The van der Waals surface area contributed by atoms with Crippen molar-refractivity contribution in [3.05, 3.63) is 78.9 Å². The summed E-state index contributed by atoms with van der Waals surface area (Å²) in [5.41, 5.74) is 6.21. The molecule has 102 valence electrons. The van der Waals surface area contributed by atoms with Gasteiger partial charge in [-0.1, -0.05) is 78.9 Å². The summed E-state index contributed by atoms with van der Waals surface area (Å²) >= 11 is 7.20. The predicted octanol–water partition coefficient (Wildman–Crippen LogP) is 5.51. The van der Waals surface area contributed by atoms with E-state index in [9.17, 15) is 0 Å². The molecule has 0 heterocycles. The first-order chi connectivity index (χ1) is 10.3. The van der Waals surface area contributed by atoms with Gasteiger partial charge in [0.2, 0.25) is 0 Å². The molecular formula is C18H13BBr2. The van der Waals surface area contributed by atoms with Crippen molar-refractivity contribution in [2.75, 3.05) is 0 Å². The van der Waals surface area contributed by atoms with E-state index in [0.717, 1.165) is 0 Å². The van der Waals surface area contributed by atoms with E-state index in [0.29, 0.717) is 0 Å². The molecule has 0 aromatic heterocycles. The fourth-order valence-corrected chi connectivity index (χ4v) is 3.22. The fourth-order valence-electron chi connectivity index (χ4n) is 2.42. The van der Waals surface area contributed by atoms with Crippen molar-refractivity contribution < 1.29 is 0 Å². The number of benzene rings is 3. The van der Waals surface area contributed by atoms with E-state index in [1.807, 2.05) is 6.07 Å². The summed E-state index contributed by atoms with van der Waals surface area (Å²) in [6, 6.07) is 27.6. The molecule has 21 heavy (non-hydrogen) atoms. The second kappa shape index (κ2) is 6.63. The summed E-state index contributed by atoms with van der Waals surface area (Å²) in [6.45, 7) is 0. The van der Waals surface area contributed by atoms with Crippen LogP contribution < -0.4 is 5.46 Å². The van der Waals surface area contributed by atoms with E-state index >= 15 is 0 Å². The first kappa shape index (κ1) is 14.6. The lowest BCUT2D eigenvalue weighted by Crippen LogP contribution is -2.19. The Labute approximate surface area is 142 Å². The molecule has 0 radical (unpaired) electrons. The second-order valence-electron chi connectivity index (χ2n) is 4.83. The average Bonchev–Trinajstić information content (AvgIpc) is 2.56. The SMILES string of the molecule is BrB(Br)c1ccccc1-c1ccc(-c2ccccc2)cc1. The highest BCUT2D eigenvalue weighted by Gasteiger charge is 2.13. The van der Waals surface area contributed by atoms with E-state index in [2.05, 4.69) is 104 Å². The maximum Gasteiger partial charge on any atom is 0.330 e. The largest absolute Gasteiger partial charge is 0.330 e. The third kappa shape index (κ3) is 3.30. The topological polar surface area (TPSA) is 0 Å². The zero-order chi connectivity index (χ0) is 14.7. The summed E-state index contributed by atoms with van der Waals surface area (Å²) in [6.07, 6.45) is 0. The molecular weight excluding hydrogens is 387 g/mol. The standard InChI is InChI=1S/C18H13BBr2/c20-19(21)18-9-5-4-8-17(18)16-12-10-15(11-13-16)14-6-2-1-3-7-14/h1-13H. The van der Waals surface area contributed by atoms with Gasteiger partial charge in [0, 0.05) is 0 Å². The van der Waals surface area contributed by atoms with Crippen molar-refractivity contribution in [3.63, 3.8) is 0 Å². The van der Waals surface area contributed by atoms with Gasteiger partial charge in [0.15, 0.2) is 0 Å². The minimum atomic E-state index is 0.162. The van der Waals surface area contributed by atoms with Gasteiger partial charge in [-0.3, -0.25) is 0 Å². The lowest BCUT2D eigenvalue weighted by Gasteiger charge is -2.10. The Hall–Kier alpha value is -1.32. The highest BCUT2D eigenvalue weighted by Crippen LogP contribution is 2.25. The van der Waals surface area contributed by atoms with E-state index in [4.69, 9.17) is 0 Å². The van der Waals surface area contributed by atoms with Crippen LogP contribution in [0, 0.1) is 0 Å². The first-order valence-corrected chi connectivity index (χ1v) is 8.62. The summed E-state index contributed by atoms with van der Waals surface area (Å²) < 4.78 is 0.162. The van der Waals surface area contributed by atoms with Crippen LogP contribution in [0.4, 0.5) is 0 Å². The molecule has 0 fully saturated rings. The molecule has 0 aliphatic carbocycles. The number of rotatable bonds is 3. The predicted molar refractivity (Wildman–Crippen MR) is 101 cm³/mol. The van der Waals surface area contributed by atoms with Crippen molar-refractivity contribution in [2.45, 2.75) is 0 Å². The third-order valence-corrected chi connectivity index (χ3v) is 4.49. The maximum atomic E-state index is 3.60. The highest BCUT2D eigenvalue weighted by atomic mass is 79.9. The van der Waals surface area contributed by atoms with Crippen LogP contribution in [0.2, 0.25) is 0 Å². The lowest BCUT2D eigenvalue weighted by atomic mass is 9.86. The van der Waals surface area contributed by atoms with Crippen LogP contribution in [0.15, 0.2) is 78.9 Å². The van der Waals surface area contributed by atoms with Crippen LogP contribution in [0.1, 0.15) is 0 Å². The fraction of sp³-hybridized carbons (Fsp3) is 0. The molecule has 3 rings (SSSR count). The summed E-state index contributed by atoms with van der Waals surface area (Å²) in [5.74, 6) is 0. The van der Waals surface area contributed by atoms with Crippen LogP contribution >= 0.6 is 31.5 Å². The van der Waals surface area contributed by atoms with Gasteiger partial charge in [-0.15, -0.1) is 31.5 Å². The molecule has 3 heteroatoms. The summed E-state index contributed by atoms with van der Waals surface area (Å²) in [7, 11) is 0. The van der Waals surface area contributed by atoms with Gasteiger partial charge in [-0.05, 0) is 27.7 Å². The first-order valence-electron chi connectivity index (χ1n) is 6.78. The normalized spacial score (nSPS) is 10.4. The Balaban J connectivity index is 1.99. The van der Waals surface area contributed by atoms with Crippen molar-refractivity contribution in [2.24, 2.45) is 0 Å². The molecule has 0 bridgehead atoms. The third-order valence-electron chi connectivity index (χ3n) is 3.50. The highest BCUT2D eigenvalue weighted by molar-refractivity contribution is 9.49. The molecule has 3 aromatic rings. The van der Waals surface area contributed by atoms with Gasteiger partial charge in [0.1, 0.15) is 0 Å². The summed E-state index contributed by atoms with van der Waals surface area (Å²) in [5, 5.41) is 0. The Morgan fingerprint density at radius 3 is 1.71 bits per heavy atom. The lowest BCUT2D eigenvalue weighted by molar-refractivity contribution is 1.60. The average molecular weight is 400 g/mol. The van der Waals surface area contributed by atoms with Gasteiger partial charge in [-0.2, -0.15) is 0 Å². The van der Waals surface area contributed by atoms with Gasteiger partial charge in [0.05, 0.1) is 0 Å². The zero-order valence-electron chi connectivity index (χ0n) is 11.3. The van der Waals surface area contributed by atoms with E-state index in [-0.39, 0.29) is 4.36 Å². The van der Waals surface area contributed by atoms with Crippen molar-refractivity contribution >= 4 is 41.3 Å². The van der Waals surface area contributed by atoms with Crippen molar-refractivity contribution in [1.82, 2.24) is 0 Å². The number of hydrogen-bond acceptors (Lipinski definition) is 0. The quantitative estimate of drug-likeness (QED) is 0.510. The van der Waals surface area contributed by atoms with Gasteiger partial charge < -0.3 is 0 Å². The molecule has 0 unspecified atom stereocenters. The Bertz CT molecular complexity index is 722. The van der Waals surface area contributed by atoms with Crippen LogP contribution in [0.3, 0.4) is 0 Å². The summed E-state index contributed by atoms with van der Waals surface area (Å²) in [4.78, 5) is 0. The molecule has 0 saturated carbocycles. The number of hydrogen-bond donors (Lipinski definition) is 0. The molecule has 0 amide bonds. The Kier molecular flexibility index (Phi) is 4.62. The van der Waals surface area contributed by atoms with Gasteiger partial charge in [-0.25, -0.2) is 0 Å². The molecule has 0 N–H and O–H groups in total. The molecule has 0 saturated heterocycles. The van der Waals surface area contributed by atoms with Crippen LogP contribution in [-0.4, -0.2) is 4.36 Å². The van der Waals surface area contributed by atoms with Crippen molar-refractivity contribution in [3.8, 4) is 22.3 Å².